The van der Waals surface area contributed by atoms with E-state index >= 15 is 0 Å². The van der Waals surface area contributed by atoms with Gasteiger partial charge >= 0.3 is 59.1 Å². The van der Waals surface area contributed by atoms with Crippen molar-refractivity contribution in [2.75, 3.05) is 25.4 Å². The zero-order valence-corrected chi connectivity index (χ0v) is 13.3. The second-order valence-electron chi connectivity index (χ2n) is 2.18. The van der Waals surface area contributed by atoms with Crippen LogP contribution in [0.4, 0.5) is 0 Å². The fourth-order valence-corrected chi connectivity index (χ4v) is 1.00. The molecule has 14 heavy (non-hydrogen) atoms. The van der Waals surface area contributed by atoms with Crippen LogP contribution in [0.3, 0.4) is 0 Å². The number of thiol groups is 1. The van der Waals surface area contributed by atoms with Gasteiger partial charge in [-0.1, -0.05) is 0 Å². The number of carboxylic acids is 2. The number of aliphatic carboxylic acids is 2. The van der Waals surface area contributed by atoms with E-state index in [1.54, 1.807) is 0 Å². The molecular formula is C6H9NNa2O4S. The average molecular weight is 237 g/mol. The molecule has 0 spiro atoms. The predicted octanol–water partition coefficient (Wildman–Crippen LogP) is -9.27. The monoisotopic (exact) mass is 237 g/mol. The van der Waals surface area contributed by atoms with Crippen LogP contribution in [0.5, 0.6) is 0 Å². The van der Waals surface area contributed by atoms with Crippen molar-refractivity contribution in [2.45, 2.75) is 0 Å². The fraction of sp³-hybridized carbons (Fsp3) is 0.667. The van der Waals surface area contributed by atoms with Crippen LogP contribution < -0.4 is 69.3 Å². The van der Waals surface area contributed by atoms with Crippen molar-refractivity contribution < 1.29 is 78.9 Å². The van der Waals surface area contributed by atoms with Crippen LogP contribution in [0.25, 0.3) is 0 Å². The summed E-state index contributed by atoms with van der Waals surface area (Å²) >= 11 is 3.84. The first kappa shape index (κ1) is 20.6. The molecule has 8 heteroatoms. The van der Waals surface area contributed by atoms with Crippen LogP contribution in [-0.4, -0.2) is 42.2 Å². The number of carbonyl (C=O) groups is 2. The summed E-state index contributed by atoms with van der Waals surface area (Å²) < 4.78 is 0. The SMILES string of the molecule is O=C([O-])CN(CCS)CC(=O)[O-].[Na+].[Na+]. The van der Waals surface area contributed by atoms with Crippen molar-refractivity contribution in [3.8, 4) is 0 Å². The third kappa shape index (κ3) is 13.2. The second-order valence-corrected chi connectivity index (χ2v) is 2.63. The Morgan fingerprint density at radius 1 is 1.07 bits per heavy atom. The maximum atomic E-state index is 10.1. The molecule has 0 aromatic rings. The third-order valence-corrected chi connectivity index (χ3v) is 1.32. The quantitative estimate of drug-likeness (QED) is 0.366. The number of rotatable bonds is 6. The van der Waals surface area contributed by atoms with Gasteiger partial charge in [-0.15, -0.1) is 0 Å². The molecule has 0 aliphatic rings. The molecule has 0 N–H and O–H groups in total. The summed E-state index contributed by atoms with van der Waals surface area (Å²) in [7, 11) is 0. The molecule has 0 bridgehead atoms. The molecule has 0 unspecified atom stereocenters. The molecule has 0 saturated carbocycles. The molecule has 0 aromatic heterocycles. The van der Waals surface area contributed by atoms with Gasteiger partial charge in [-0.25, -0.2) is 0 Å². The van der Waals surface area contributed by atoms with Gasteiger partial charge in [0.1, 0.15) is 0 Å². The minimum Gasteiger partial charge on any atom is -0.549 e. The Balaban J connectivity index is -0.000000605. The summed E-state index contributed by atoms with van der Waals surface area (Å²) in [6.45, 7) is -0.534. The van der Waals surface area contributed by atoms with E-state index in [0.717, 1.165) is 0 Å². The molecule has 0 saturated heterocycles. The number of carboxylic acid groups (broad SMARTS) is 2. The van der Waals surface area contributed by atoms with E-state index < -0.39 is 25.0 Å². The van der Waals surface area contributed by atoms with Crippen LogP contribution in [0.15, 0.2) is 0 Å². The average Bonchev–Trinajstić information content (AvgIpc) is 1.84. The first-order valence-electron chi connectivity index (χ1n) is 3.29. The van der Waals surface area contributed by atoms with E-state index in [1.165, 1.54) is 4.90 Å². The molecule has 0 amide bonds. The number of nitrogens with zero attached hydrogens (tertiary/aromatic N) is 1. The molecule has 0 aliphatic heterocycles. The maximum absolute atomic E-state index is 10.1. The van der Waals surface area contributed by atoms with Crippen LogP contribution in [0.1, 0.15) is 0 Å². The van der Waals surface area contributed by atoms with Crippen molar-refractivity contribution in [2.24, 2.45) is 0 Å². The van der Waals surface area contributed by atoms with Gasteiger partial charge in [0.05, 0.1) is 11.9 Å². The van der Waals surface area contributed by atoms with Crippen molar-refractivity contribution in [3.63, 3.8) is 0 Å². The largest absolute Gasteiger partial charge is 1.00 e. The molecule has 0 aliphatic carbocycles. The normalized spacial score (nSPS) is 8.71. The van der Waals surface area contributed by atoms with Gasteiger partial charge in [-0.2, -0.15) is 12.6 Å². The van der Waals surface area contributed by atoms with Crippen LogP contribution in [0.2, 0.25) is 0 Å². The van der Waals surface area contributed by atoms with Crippen molar-refractivity contribution in [3.05, 3.63) is 0 Å². The molecule has 0 radical (unpaired) electrons. The summed E-state index contributed by atoms with van der Waals surface area (Å²) in [5.74, 6) is -2.23. The first-order valence-corrected chi connectivity index (χ1v) is 3.92. The van der Waals surface area contributed by atoms with Crippen LogP contribution in [0, 0.1) is 0 Å². The van der Waals surface area contributed by atoms with Crippen molar-refractivity contribution in [1.29, 1.82) is 0 Å². The van der Waals surface area contributed by atoms with E-state index in [1.807, 2.05) is 0 Å². The molecule has 0 heterocycles. The number of carbonyl (C=O) groups excluding carboxylic acids is 2. The van der Waals surface area contributed by atoms with Gasteiger partial charge < -0.3 is 19.8 Å². The first-order chi connectivity index (χ1) is 5.56. The minimum absolute atomic E-state index is 0. The Bertz CT molecular complexity index is 165. The molecule has 0 rings (SSSR count). The number of hydrogen-bond donors (Lipinski definition) is 1. The maximum Gasteiger partial charge on any atom is 1.00 e. The molecule has 5 nitrogen and oxygen atoms in total. The zero-order valence-electron chi connectivity index (χ0n) is 8.36. The van der Waals surface area contributed by atoms with E-state index in [-0.39, 0.29) is 65.7 Å². The third-order valence-electron chi connectivity index (χ3n) is 1.12. The van der Waals surface area contributed by atoms with E-state index in [0.29, 0.717) is 5.75 Å². The van der Waals surface area contributed by atoms with Gasteiger partial charge in [-0.05, 0) is 0 Å². The van der Waals surface area contributed by atoms with E-state index in [4.69, 9.17) is 0 Å². The summed E-state index contributed by atoms with van der Waals surface area (Å²) in [6, 6.07) is 0. The van der Waals surface area contributed by atoms with E-state index in [9.17, 15) is 19.8 Å². The molecular weight excluding hydrogens is 228 g/mol. The van der Waals surface area contributed by atoms with Crippen LogP contribution >= 0.6 is 12.6 Å². The van der Waals surface area contributed by atoms with Crippen molar-refractivity contribution >= 4 is 24.6 Å². The standard InChI is InChI=1S/C6H11NO4S.2Na/c8-5(9)3-7(1-2-12)4-6(10)11;;/h12H,1-4H2,(H,8,9)(H,10,11);;/q;2*+1/p-2. The van der Waals surface area contributed by atoms with Gasteiger partial charge in [0.2, 0.25) is 0 Å². The Kier molecular flexibility index (Phi) is 18.2. The molecule has 70 valence electrons. The summed E-state index contributed by atoms with van der Waals surface area (Å²) in [4.78, 5) is 21.3. The Labute approximate surface area is 132 Å². The Morgan fingerprint density at radius 3 is 1.64 bits per heavy atom. The Hall–Kier alpha value is 1.25. The fourth-order valence-electron chi connectivity index (χ4n) is 0.721. The Morgan fingerprint density at radius 2 is 1.43 bits per heavy atom. The summed E-state index contributed by atoms with van der Waals surface area (Å²) in [5, 5.41) is 20.1. The second kappa shape index (κ2) is 12.3. The van der Waals surface area contributed by atoms with E-state index in [2.05, 4.69) is 12.6 Å². The molecule has 0 atom stereocenters. The van der Waals surface area contributed by atoms with Gasteiger partial charge in [0.25, 0.3) is 0 Å². The van der Waals surface area contributed by atoms with Crippen LogP contribution in [-0.2, 0) is 9.59 Å². The minimum atomic E-state index is -1.31. The van der Waals surface area contributed by atoms with Gasteiger partial charge in [0, 0.05) is 25.4 Å². The zero-order chi connectivity index (χ0) is 9.56. The predicted molar refractivity (Wildman–Crippen MR) is 40.3 cm³/mol. The van der Waals surface area contributed by atoms with Gasteiger partial charge in [-0.3, -0.25) is 4.90 Å². The summed E-state index contributed by atoms with van der Waals surface area (Å²) in [5.41, 5.74) is 0. The van der Waals surface area contributed by atoms with Gasteiger partial charge in [0.15, 0.2) is 0 Å². The number of hydrogen-bond acceptors (Lipinski definition) is 6. The molecule has 0 fully saturated rings. The topological polar surface area (TPSA) is 83.5 Å². The van der Waals surface area contributed by atoms with Crippen molar-refractivity contribution in [1.82, 2.24) is 4.90 Å². The summed E-state index contributed by atoms with van der Waals surface area (Å²) in [6.07, 6.45) is 0. The molecule has 0 aromatic carbocycles. The smallest absolute Gasteiger partial charge is 0.549 e.